The molecule has 1 saturated carbocycles. The average molecular weight is 399 g/mol. The minimum absolute atomic E-state index is 0.0444. The summed E-state index contributed by atoms with van der Waals surface area (Å²) >= 11 is 0. The van der Waals surface area contributed by atoms with Gasteiger partial charge in [0.05, 0.1) is 0 Å². The van der Waals surface area contributed by atoms with Crippen LogP contribution in [0.25, 0.3) is 0 Å². The Labute approximate surface area is 176 Å². The first kappa shape index (κ1) is 21.9. The van der Waals surface area contributed by atoms with Crippen LogP contribution in [0.3, 0.4) is 0 Å². The molecule has 29 heavy (non-hydrogen) atoms. The molecule has 0 radical (unpaired) electrons. The Bertz CT molecular complexity index is 644. The second-order valence-corrected chi connectivity index (χ2v) is 9.44. The lowest BCUT2D eigenvalue weighted by Gasteiger charge is -2.35. The van der Waals surface area contributed by atoms with E-state index >= 15 is 0 Å². The van der Waals surface area contributed by atoms with Gasteiger partial charge < -0.3 is 10.2 Å². The molecule has 160 valence electrons. The maximum atomic E-state index is 13.1. The number of carbonyl (C=O) groups excluding carboxylic acids is 2. The van der Waals surface area contributed by atoms with Gasteiger partial charge in [-0.1, -0.05) is 69.9 Å². The molecule has 2 amide bonds. The number of carbonyl (C=O) groups is 2. The zero-order chi connectivity index (χ0) is 20.6. The Morgan fingerprint density at radius 1 is 1.00 bits per heavy atom. The lowest BCUT2D eigenvalue weighted by molar-refractivity contribution is -0.139. The molecular weight excluding hydrogens is 360 g/mol. The fourth-order valence-electron chi connectivity index (χ4n) is 4.90. The fourth-order valence-corrected chi connectivity index (χ4v) is 4.90. The van der Waals surface area contributed by atoms with Crippen molar-refractivity contribution in [1.29, 1.82) is 0 Å². The second kappa shape index (κ2) is 10.8. The first-order chi connectivity index (χ1) is 14.0. The Morgan fingerprint density at radius 3 is 2.28 bits per heavy atom. The summed E-state index contributed by atoms with van der Waals surface area (Å²) in [5.74, 6) is 1.60. The third-order valence-electron chi connectivity index (χ3n) is 6.80. The number of hydrogen-bond acceptors (Lipinski definition) is 2. The van der Waals surface area contributed by atoms with Gasteiger partial charge in [0.15, 0.2) is 0 Å². The highest BCUT2D eigenvalue weighted by Gasteiger charge is 2.31. The van der Waals surface area contributed by atoms with E-state index in [0.717, 1.165) is 38.8 Å². The van der Waals surface area contributed by atoms with Crippen molar-refractivity contribution in [1.82, 2.24) is 10.2 Å². The zero-order valence-corrected chi connectivity index (χ0v) is 18.2. The number of likely N-dealkylation sites (tertiary alicyclic amines) is 1. The first-order valence-corrected chi connectivity index (χ1v) is 11.6. The molecule has 1 aliphatic heterocycles. The standard InChI is InChI=1S/C25H38N2O2/c1-19(2)24(26-23(28)13-12-20-8-6-7-9-20)25(29)27-16-14-22(15-17-27)18-21-10-4-3-5-11-21/h3-5,10-11,19-20,22,24H,6-9,12-18H2,1-2H3,(H,26,28). The largest absolute Gasteiger partial charge is 0.344 e. The normalized spacial score (nSPS) is 19.5. The lowest BCUT2D eigenvalue weighted by atomic mass is 9.89. The molecule has 4 heteroatoms. The maximum absolute atomic E-state index is 13.1. The third-order valence-corrected chi connectivity index (χ3v) is 6.80. The van der Waals surface area contributed by atoms with Crippen LogP contribution in [0.4, 0.5) is 0 Å². The molecule has 0 bridgehead atoms. The van der Waals surface area contributed by atoms with E-state index in [1.165, 1.54) is 31.2 Å². The van der Waals surface area contributed by atoms with Crippen molar-refractivity contribution in [2.24, 2.45) is 17.8 Å². The molecule has 4 nitrogen and oxygen atoms in total. The monoisotopic (exact) mass is 398 g/mol. The van der Waals surface area contributed by atoms with Gasteiger partial charge in [-0.15, -0.1) is 0 Å². The maximum Gasteiger partial charge on any atom is 0.245 e. The molecule has 1 saturated heterocycles. The topological polar surface area (TPSA) is 49.4 Å². The van der Waals surface area contributed by atoms with Crippen molar-refractivity contribution in [2.45, 2.75) is 77.7 Å². The van der Waals surface area contributed by atoms with Gasteiger partial charge in [-0.05, 0) is 49.0 Å². The van der Waals surface area contributed by atoms with Crippen molar-refractivity contribution in [3.8, 4) is 0 Å². The highest BCUT2D eigenvalue weighted by molar-refractivity contribution is 5.88. The second-order valence-electron chi connectivity index (χ2n) is 9.44. The summed E-state index contributed by atoms with van der Waals surface area (Å²) in [6.45, 7) is 5.67. The van der Waals surface area contributed by atoms with Gasteiger partial charge in [-0.2, -0.15) is 0 Å². The predicted molar refractivity (Wildman–Crippen MR) is 117 cm³/mol. The Balaban J connectivity index is 1.45. The van der Waals surface area contributed by atoms with Crippen LogP contribution in [-0.4, -0.2) is 35.8 Å². The third kappa shape index (κ3) is 6.58. The van der Waals surface area contributed by atoms with Crippen molar-refractivity contribution < 1.29 is 9.59 Å². The van der Waals surface area contributed by atoms with E-state index in [-0.39, 0.29) is 17.7 Å². The summed E-state index contributed by atoms with van der Waals surface area (Å²) in [7, 11) is 0. The molecule has 1 aliphatic carbocycles. The lowest BCUT2D eigenvalue weighted by Crippen LogP contribution is -2.53. The molecule has 2 fully saturated rings. The molecule has 0 aromatic heterocycles. The number of nitrogens with one attached hydrogen (secondary N) is 1. The Kier molecular flexibility index (Phi) is 8.14. The molecule has 1 unspecified atom stereocenters. The van der Waals surface area contributed by atoms with E-state index in [1.807, 2.05) is 18.7 Å². The van der Waals surface area contributed by atoms with Gasteiger partial charge in [0, 0.05) is 19.5 Å². The van der Waals surface area contributed by atoms with Gasteiger partial charge >= 0.3 is 0 Å². The fraction of sp³-hybridized carbons (Fsp3) is 0.680. The van der Waals surface area contributed by atoms with Crippen LogP contribution in [0, 0.1) is 17.8 Å². The zero-order valence-electron chi connectivity index (χ0n) is 18.2. The van der Waals surface area contributed by atoms with Gasteiger partial charge in [-0.25, -0.2) is 0 Å². The molecule has 1 heterocycles. The van der Waals surface area contributed by atoms with Crippen molar-refractivity contribution in [2.75, 3.05) is 13.1 Å². The van der Waals surface area contributed by atoms with Gasteiger partial charge in [0.1, 0.15) is 6.04 Å². The highest BCUT2D eigenvalue weighted by atomic mass is 16.2. The average Bonchev–Trinajstić information content (AvgIpc) is 3.25. The van der Waals surface area contributed by atoms with E-state index in [4.69, 9.17) is 0 Å². The molecule has 1 aromatic rings. The summed E-state index contributed by atoms with van der Waals surface area (Å²) < 4.78 is 0. The summed E-state index contributed by atoms with van der Waals surface area (Å²) in [4.78, 5) is 27.6. The minimum Gasteiger partial charge on any atom is -0.344 e. The Morgan fingerprint density at radius 2 is 1.66 bits per heavy atom. The van der Waals surface area contributed by atoms with E-state index in [9.17, 15) is 9.59 Å². The number of hydrogen-bond donors (Lipinski definition) is 1. The van der Waals surface area contributed by atoms with Gasteiger partial charge in [0.2, 0.25) is 11.8 Å². The smallest absolute Gasteiger partial charge is 0.245 e. The summed E-state index contributed by atoms with van der Waals surface area (Å²) in [6, 6.07) is 10.2. The number of benzene rings is 1. The van der Waals surface area contributed by atoms with E-state index in [1.54, 1.807) is 0 Å². The summed E-state index contributed by atoms with van der Waals surface area (Å²) in [5, 5.41) is 3.06. The number of nitrogens with zero attached hydrogens (tertiary/aromatic N) is 1. The van der Waals surface area contributed by atoms with Crippen LogP contribution in [0.5, 0.6) is 0 Å². The van der Waals surface area contributed by atoms with Gasteiger partial charge in [0.25, 0.3) is 0 Å². The van der Waals surface area contributed by atoms with E-state index in [0.29, 0.717) is 18.3 Å². The molecule has 1 aromatic carbocycles. The summed E-state index contributed by atoms with van der Waals surface area (Å²) in [5.41, 5.74) is 1.38. The van der Waals surface area contributed by atoms with Crippen LogP contribution >= 0.6 is 0 Å². The summed E-state index contributed by atoms with van der Waals surface area (Å²) in [6.07, 6.45) is 9.83. The van der Waals surface area contributed by atoms with Crippen LogP contribution in [0.2, 0.25) is 0 Å². The molecular formula is C25H38N2O2. The quantitative estimate of drug-likeness (QED) is 0.697. The molecule has 1 atom stereocenters. The van der Waals surface area contributed by atoms with E-state index in [2.05, 4.69) is 35.6 Å². The number of rotatable bonds is 8. The van der Waals surface area contributed by atoms with Crippen molar-refractivity contribution in [3.63, 3.8) is 0 Å². The minimum atomic E-state index is -0.392. The molecule has 0 spiro atoms. The van der Waals surface area contributed by atoms with Crippen LogP contribution in [-0.2, 0) is 16.0 Å². The predicted octanol–water partition coefficient (Wildman–Crippen LogP) is 4.58. The highest BCUT2D eigenvalue weighted by Crippen LogP contribution is 2.28. The van der Waals surface area contributed by atoms with Crippen LogP contribution < -0.4 is 5.32 Å². The SMILES string of the molecule is CC(C)C(NC(=O)CCC1CCCC1)C(=O)N1CCC(Cc2ccccc2)CC1. The van der Waals surface area contributed by atoms with Gasteiger partial charge in [-0.3, -0.25) is 9.59 Å². The molecule has 2 aliphatic rings. The van der Waals surface area contributed by atoms with Crippen molar-refractivity contribution in [3.05, 3.63) is 35.9 Å². The van der Waals surface area contributed by atoms with E-state index < -0.39 is 6.04 Å². The van der Waals surface area contributed by atoms with Crippen LogP contribution in [0.15, 0.2) is 30.3 Å². The first-order valence-electron chi connectivity index (χ1n) is 11.6. The number of amides is 2. The van der Waals surface area contributed by atoms with Crippen molar-refractivity contribution >= 4 is 11.8 Å². The molecule has 1 N–H and O–H groups in total. The van der Waals surface area contributed by atoms with Crippen LogP contribution in [0.1, 0.15) is 70.8 Å². The Hall–Kier alpha value is -1.84. The molecule has 3 rings (SSSR count). The number of piperidine rings is 1.